The predicted octanol–water partition coefficient (Wildman–Crippen LogP) is 0.941. The number of halogens is 1. The molecule has 1 aliphatic rings. The Morgan fingerprint density at radius 1 is 0.923 bits per heavy atom. The van der Waals surface area contributed by atoms with Gasteiger partial charge in [0.1, 0.15) is 0 Å². The van der Waals surface area contributed by atoms with Crippen molar-refractivity contribution in [2.45, 2.75) is 12.8 Å². The number of carbonyl (C=O) groups is 1. The fraction of sp³-hybridized carbons (Fsp3) is 0.632. The average molecular weight is 426 g/mol. The van der Waals surface area contributed by atoms with Crippen LogP contribution in [0.3, 0.4) is 0 Å². The van der Waals surface area contributed by atoms with Gasteiger partial charge >= 0.3 is 0 Å². The van der Waals surface area contributed by atoms with Crippen molar-refractivity contribution >= 4 is 27.5 Å². The van der Waals surface area contributed by atoms with E-state index in [1.54, 1.807) is 0 Å². The molecule has 0 aromatic heterocycles. The maximum absolute atomic E-state index is 11.4. The molecule has 1 aromatic carbocycles. The third-order valence-corrected chi connectivity index (χ3v) is 4.92. The third kappa shape index (κ3) is 9.09. The smallest absolute Gasteiger partial charge is 0.235 e. The molecule has 6 nitrogen and oxygen atoms in total. The van der Waals surface area contributed by atoms with Gasteiger partial charge in [0.15, 0.2) is 0 Å². The normalized spacial score (nSPS) is 18.8. The van der Waals surface area contributed by atoms with Crippen molar-refractivity contribution in [1.82, 2.24) is 21.3 Å². The van der Waals surface area contributed by atoms with Gasteiger partial charge in [-0.15, -0.1) is 0 Å². The van der Waals surface area contributed by atoms with Crippen LogP contribution in [0.2, 0.25) is 0 Å². The van der Waals surface area contributed by atoms with Crippen molar-refractivity contribution in [3.63, 3.8) is 0 Å². The quantitative estimate of drug-likeness (QED) is 0.464. The van der Waals surface area contributed by atoms with E-state index in [0.29, 0.717) is 11.2 Å². The minimum Gasteiger partial charge on any atom is -0.325 e. The number of rotatable bonds is 4. The van der Waals surface area contributed by atoms with E-state index in [-0.39, 0.29) is 5.91 Å². The summed E-state index contributed by atoms with van der Waals surface area (Å²) in [4.78, 5) is 11.4. The van der Waals surface area contributed by atoms with Gasteiger partial charge in [-0.2, -0.15) is 0 Å². The van der Waals surface area contributed by atoms with Crippen LogP contribution in [0.4, 0.5) is 5.69 Å². The number of benzene rings is 1. The summed E-state index contributed by atoms with van der Waals surface area (Å²) < 4.78 is 0. The van der Waals surface area contributed by atoms with Crippen LogP contribution in [0.1, 0.15) is 12.0 Å². The Hall–Kier alpha value is -0.990. The number of alkyl halides is 1. The van der Waals surface area contributed by atoms with Crippen LogP contribution in [0.15, 0.2) is 24.3 Å². The van der Waals surface area contributed by atoms with Crippen LogP contribution in [0, 0.1) is 5.92 Å². The lowest BCUT2D eigenvalue weighted by Crippen LogP contribution is -2.39. The molecule has 146 valence electrons. The maximum atomic E-state index is 11.4. The molecule has 1 amide bonds. The first-order valence-electron chi connectivity index (χ1n) is 9.55. The van der Waals surface area contributed by atoms with Crippen LogP contribution in [0.5, 0.6) is 0 Å². The first-order chi connectivity index (χ1) is 12.8. The Kier molecular flexibility index (Phi) is 10.8. The van der Waals surface area contributed by atoms with Gasteiger partial charge in [-0.1, -0.05) is 28.1 Å². The molecule has 0 radical (unpaired) electrons. The highest BCUT2D eigenvalue weighted by Crippen LogP contribution is 2.13. The second kappa shape index (κ2) is 13.2. The van der Waals surface area contributed by atoms with Gasteiger partial charge < -0.3 is 26.6 Å². The summed E-state index contributed by atoms with van der Waals surface area (Å²) in [6.07, 6.45) is 2.20. The molecule has 0 atom stereocenters. The summed E-state index contributed by atoms with van der Waals surface area (Å²) in [6.45, 7) is 8.19. The SMILES string of the molecule is O=C(CBr)Nc1ccc(CC2CNCCNCCCNCCNC2)cc1. The van der Waals surface area contributed by atoms with Crippen molar-refractivity contribution in [2.24, 2.45) is 5.92 Å². The molecule has 2 rings (SSSR count). The van der Waals surface area contributed by atoms with E-state index in [1.165, 1.54) is 12.0 Å². The molecule has 5 N–H and O–H groups in total. The minimum atomic E-state index is -0.0283. The van der Waals surface area contributed by atoms with Gasteiger partial charge in [-0.05, 0) is 62.6 Å². The van der Waals surface area contributed by atoms with E-state index >= 15 is 0 Å². The van der Waals surface area contributed by atoms with Crippen molar-refractivity contribution in [2.75, 3.05) is 63.0 Å². The number of hydrogen-bond donors (Lipinski definition) is 5. The van der Waals surface area contributed by atoms with E-state index in [9.17, 15) is 4.79 Å². The largest absolute Gasteiger partial charge is 0.325 e. The van der Waals surface area contributed by atoms with Crippen LogP contribution in [-0.2, 0) is 11.2 Å². The summed E-state index contributed by atoms with van der Waals surface area (Å²) in [7, 11) is 0. The molecule has 0 unspecified atom stereocenters. The van der Waals surface area contributed by atoms with Crippen molar-refractivity contribution < 1.29 is 4.79 Å². The summed E-state index contributed by atoms with van der Waals surface area (Å²) in [5.74, 6) is 0.514. The second-order valence-corrected chi connectivity index (χ2v) is 7.27. The zero-order chi connectivity index (χ0) is 18.5. The zero-order valence-corrected chi connectivity index (χ0v) is 17.0. The van der Waals surface area contributed by atoms with E-state index in [1.807, 2.05) is 12.1 Å². The number of carbonyl (C=O) groups excluding carboxylic acids is 1. The Bertz CT molecular complexity index is 497. The summed E-state index contributed by atoms with van der Waals surface area (Å²) in [6, 6.07) is 8.18. The lowest BCUT2D eigenvalue weighted by atomic mass is 9.98. The van der Waals surface area contributed by atoms with Gasteiger partial charge in [-0.3, -0.25) is 4.79 Å². The molecule has 0 spiro atoms. The average Bonchev–Trinajstić information content (AvgIpc) is 2.66. The number of nitrogens with one attached hydrogen (secondary N) is 5. The van der Waals surface area contributed by atoms with E-state index in [2.05, 4.69) is 54.6 Å². The molecule has 0 aliphatic carbocycles. The molecular formula is C19H32BrN5O. The first kappa shape index (κ1) is 21.3. The molecule has 1 aliphatic heterocycles. The van der Waals surface area contributed by atoms with E-state index in [4.69, 9.17) is 0 Å². The molecule has 1 aromatic rings. The molecule has 1 saturated heterocycles. The summed E-state index contributed by atoms with van der Waals surface area (Å²) >= 11 is 3.16. The lowest BCUT2D eigenvalue weighted by Gasteiger charge is -2.20. The Labute approximate surface area is 165 Å². The fourth-order valence-electron chi connectivity index (χ4n) is 3.02. The molecule has 1 fully saturated rings. The maximum Gasteiger partial charge on any atom is 0.235 e. The van der Waals surface area contributed by atoms with E-state index < -0.39 is 0 Å². The molecule has 0 bridgehead atoms. The highest BCUT2D eigenvalue weighted by Gasteiger charge is 2.10. The molecule has 7 heteroatoms. The minimum absolute atomic E-state index is 0.0283. The highest BCUT2D eigenvalue weighted by molar-refractivity contribution is 9.09. The van der Waals surface area contributed by atoms with Gasteiger partial charge in [0.05, 0.1) is 5.33 Å². The Morgan fingerprint density at radius 2 is 1.50 bits per heavy atom. The van der Waals surface area contributed by atoms with Crippen molar-refractivity contribution in [3.8, 4) is 0 Å². The Morgan fingerprint density at radius 3 is 2.08 bits per heavy atom. The first-order valence-corrected chi connectivity index (χ1v) is 10.7. The molecule has 0 saturated carbocycles. The zero-order valence-electron chi connectivity index (χ0n) is 15.5. The second-order valence-electron chi connectivity index (χ2n) is 6.71. The summed E-state index contributed by atoms with van der Waals surface area (Å²) in [5.41, 5.74) is 2.14. The van der Waals surface area contributed by atoms with Crippen LogP contribution in [-0.4, -0.2) is 63.6 Å². The van der Waals surface area contributed by atoms with Crippen LogP contribution < -0.4 is 26.6 Å². The van der Waals surface area contributed by atoms with Crippen molar-refractivity contribution in [1.29, 1.82) is 0 Å². The van der Waals surface area contributed by atoms with Crippen LogP contribution in [0.25, 0.3) is 0 Å². The van der Waals surface area contributed by atoms with Gasteiger partial charge in [0.25, 0.3) is 0 Å². The summed E-state index contributed by atoms with van der Waals surface area (Å²) in [5, 5.41) is 17.3. The Balaban J connectivity index is 1.83. The van der Waals surface area contributed by atoms with Gasteiger partial charge in [0.2, 0.25) is 5.91 Å². The molecule has 1 heterocycles. The third-order valence-electron chi connectivity index (χ3n) is 4.41. The van der Waals surface area contributed by atoms with Gasteiger partial charge in [0, 0.05) is 31.9 Å². The molecular weight excluding hydrogens is 394 g/mol. The standard InChI is InChI=1S/C19H32BrN5O/c20-13-19(26)25-18-4-2-16(3-5-18)12-17-14-23-10-8-21-6-1-7-22-9-11-24-15-17/h2-5,17,21-24H,1,6-15H2,(H,25,26). The molecule has 26 heavy (non-hydrogen) atoms. The predicted molar refractivity (Wildman–Crippen MR) is 112 cm³/mol. The highest BCUT2D eigenvalue weighted by atomic mass is 79.9. The number of amides is 1. The van der Waals surface area contributed by atoms with Crippen molar-refractivity contribution in [3.05, 3.63) is 29.8 Å². The van der Waals surface area contributed by atoms with Gasteiger partial charge in [-0.25, -0.2) is 0 Å². The lowest BCUT2D eigenvalue weighted by molar-refractivity contribution is -0.113. The topological polar surface area (TPSA) is 77.2 Å². The van der Waals surface area contributed by atoms with Crippen LogP contribution >= 0.6 is 15.9 Å². The number of anilines is 1. The number of hydrogen-bond acceptors (Lipinski definition) is 5. The fourth-order valence-corrected chi connectivity index (χ4v) is 3.16. The van der Waals surface area contributed by atoms with E-state index in [0.717, 1.165) is 64.5 Å². The monoisotopic (exact) mass is 425 g/mol.